The van der Waals surface area contributed by atoms with Gasteiger partial charge in [-0.2, -0.15) is 0 Å². The minimum Gasteiger partial charge on any atom is -0.388 e. The van der Waals surface area contributed by atoms with Crippen LogP contribution in [0.5, 0.6) is 0 Å². The van der Waals surface area contributed by atoms with Gasteiger partial charge in [0.2, 0.25) is 6.41 Å². The number of halogens is 5. The number of amides is 1. The second-order valence-electron chi connectivity index (χ2n) is 7.44. The van der Waals surface area contributed by atoms with Crippen molar-refractivity contribution >= 4 is 22.3 Å². The summed E-state index contributed by atoms with van der Waals surface area (Å²) in [5, 5.41) is 0. The van der Waals surface area contributed by atoms with Crippen LogP contribution in [0.4, 0.5) is 25.1 Å². The van der Waals surface area contributed by atoms with Crippen LogP contribution in [0.25, 0.3) is 0 Å². The van der Waals surface area contributed by atoms with Crippen molar-refractivity contribution in [2.45, 2.75) is 77.7 Å². The number of nitrogens with zero attached hydrogens (tertiary/aromatic N) is 2. The third-order valence-electron chi connectivity index (χ3n) is 5.05. The fourth-order valence-corrected chi connectivity index (χ4v) is 4.41. The summed E-state index contributed by atoms with van der Waals surface area (Å²) in [6.07, 6.45) is 5.71. The Kier molecular flexibility index (Phi) is 18.6. The van der Waals surface area contributed by atoms with E-state index in [1.807, 2.05) is 48.7 Å². The van der Waals surface area contributed by atoms with Crippen molar-refractivity contribution in [2.75, 3.05) is 53.0 Å². The highest BCUT2D eigenvalue weighted by Gasteiger charge is 2.65. The van der Waals surface area contributed by atoms with Gasteiger partial charge in [-0.25, -0.2) is 0 Å². The number of rotatable bonds is 5. The van der Waals surface area contributed by atoms with Crippen molar-refractivity contribution in [3.63, 3.8) is 0 Å². The van der Waals surface area contributed by atoms with Gasteiger partial charge in [0.25, 0.3) is 0 Å². The summed E-state index contributed by atoms with van der Waals surface area (Å²) < 4.78 is 71.5. The average molecular weight is 553 g/mol. The standard InChI is InChI=1S/C9H17NO.C8H8F5NOS.C2H6O.3C2H6/c1-11-8-9-4-2-6-10(9)7-3-5-9;1-14(6-15)7-3-2-4-8(5-7)16(9,10,11,12)13;1-3-2;3*1-2/h2-8H2,1H3;2-6H,1H3;1-2H3;3*1-2H3. The van der Waals surface area contributed by atoms with Crippen molar-refractivity contribution in [3.05, 3.63) is 24.3 Å². The van der Waals surface area contributed by atoms with Crippen LogP contribution in [-0.4, -0.2) is 64.9 Å². The molecule has 5 nitrogen and oxygen atoms in total. The Morgan fingerprint density at radius 2 is 1.39 bits per heavy atom. The van der Waals surface area contributed by atoms with E-state index in [4.69, 9.17) is 4.74 Å². The van der Waals surface area contributed by atoms with Gasteiger partial charge in [-0.3, -0.25) is 9.69 Å². The zero-order valence-electron chi connectivity index (χ0n) is 23.8. The van der Waals surface area contributed by atoms with E-state index in [1.54, 1.807) is 14.2 Å². The molecule has 0 unspecified atom stereocenters. The number of carbonyl (C=O) groups is 1. The molecule has 11 heteroatoms. The highest BCUT2D eigenvalue weighted by atomic mass is 32.5. The lowest BCUT2D eigenvalue weighted by Crippen LogP contribution is -2.42. The predicted octanol–water partition coefficient (Wildman–Crippen LogP) is 8.54. The highest BCUT2D eigenvalue weighted by molar-refractivity contribution is 8.45. The molecule has 0 aromatic heterocycles. The maximum atomic E-state index is 12.4. The summed E-state index contributed by atoms with van der Waals surface area (Å²) in [7, 11) is -3.43. The first-order chi connectivity index (χ1) is 16.7. The summed E-state index contributed by atoms with van der Waals surface area (Å²) in [4.78, 5) is 11.7. The Bertz CT molecular complexity index is 697. The summed E-state index contributed by atoms with van der Waals surface area (Å²) >= 11 is 0. The van der Waals surface area contributed by atoms with Crippen molar-refractivity contribution in [2.24, 2.45) is 0 Å². The van der Waals surface area contributed by atoms with Crippen molar-refractivity contribution in [1.29, 1.82) is 0 Å². The molecule has 0 saturated carbocycles. The predicted molar refractivity (Wildman–Crippen MR) is 144 cm³/mol. The second-order valence-corrected chi connectivity index (χ2v) is 9.85. The van der Waals surface area contributed by atoms with Gasteiger partial charge < -0.3 is 14.4 Å². The summed E-state index contributed by atoms with van der Waals surface area (Å²) in [5.41, 5.74) is 0.218. The van der Waals surface area contributed by atoms with Crippen molar-refractivity contribution in [1.82, 2.24) is 4.90 Å². The highest BCUT2D eigenvalue weighted by Crippen LogP contribution is 3.02. The van der Waals surface area contributed by atoms with E-state index in [2.05, 4.69) is 9.64 Å². The van der Waals surface area contributed by atoms with Gasteiger partial charge >= 0.3 is 10.2 Å². The molecule has 0 radical (unpaired) electrons. The van der Waals surface area contributed by atoms with Gasteiger partial charge in [0.1, 0.15) is 4.90 Å². The number of hydrogen-bond acceptors (Lipinski definition) is 4. The Morgan fingerprint density at radius 1 is 0.944 bits per heavy atom. The van der Waals surface area contributed by atoms with E-state index in [9.17, 15) is 24.2 Å². The molecule has 2 heterocycles. The van der Waals surface area contributed by atoms with E-state index in [0.29, 0.717) is 5.54 Å². The molecule has 2 saturated heterocycles. The molecule has 1 amide bonds. The van der Waals surface area contributed by atoms with E-state index >= 15 is 0 Å². The molecule has 2 aliphatic heterocycles. The molecule has 2 aliphatic rings. The first-order valence-corrected chi connectivity index (χ1v) is 14.3. The third kappa shape index (κ3) is 13.8. The maximum absolute atomic E-state index is 12.4. The zero-order valence-corrected chi connectivity index (χ0v) is 24.6. The van der Waals surface area contributed by atoms with Crippen LogP contribution in [0.1, 0.15) is 67.2 Å². The zero-order chi connectivity index (χ0) is 29.1. The SMILES string of the molecule is CC.CC.CC.CN(C=O)c1cccc(S(F)(F)(F)(F)F)c1.COC.COCC12CCCN1CCC2. The first kappa shape index (κ1) is 39.1. The number of benzene rings is 1. The van der Waals surface area contributed by atoms with Gasteiger partial charge in [-0.15, -0.1) is 0 Å². The lowest BCUT2D eigenvalue weighted by Gasteiger charge is -2.40. The smallest absolute Gasteiger partial charge is 0.310 e. The largest absolute Gasteiger partial charge is 0.388 e. The molecule has 0 spiro atoms. The van der Waals surface area contributed by atoms with E-state index in [1.165, 1.54) is 38.8 Å². The number of fused-ring (bicyclic) bond motifs is 1. The second kappa shape index (κ2) is 17.1. The van der Waals surface area contributed by atoms with Gasteiger partial charge in [0, 0.05) is 39.6 Å². The summed E-state index contributed by atoms with van der Waals surface area (Å²) in [6, 6.07) is 2.48. The molecule has 3 rings (SSSR count). The van der Waals surface area contributed by atoms with Gasteiger partial charge in [-0.05, 0) is 57.0 Å². The van der Waals surface area contributed by atoms with E-state index in [0.717, 1.165) is 30.7 Å². The van der Waals surface area contributed by atoms with Crippen LogP contribution in [0.2, 0.25) is 0 Å². The van der Waals surface area contributed by atoms with Crippen molar-refractivity contribution in [3.8, 4) is 0 Å². The quantitative estimate of drug-likeness (QED) is 0.271. The van der Waals surface area contributed by atoms with Crippen LogP contribution >= 0.6 is 10.2 Å². The van der Waals surface area contributed by atoms with Crippen LogP contribution < -0.4 is 4.90 Å². The first-order valence-electron chi connectivity index (χ1n) is 12.4. The van der Waals surface area contributed by atoms with E-state index < -0.39 is 15.1 Å². The molecule has 0 bridgehead atoms. The lowest BCUT2D eigenvalue weighted by molar-refractivity contribution is -0.107. The number of anilines is 1. The molecular formula is C25H49F5N2O3S. The molecule has 0 atom stereocenters. The normalized spacial score (nSPS) is 17.1. The number of ether oxygens (including phenoxy) is 2. The topological polar surface area (TPSA) is 42.0 Å². The average Bonchev–Trinajstić information content (AvgIpc) is 3.42. The number of methoxy groups -OCH3 is 2. The van der Waals surface area contributed by atoms with Crippen LogP contribution in [0.15, 0.2) is 29.2 Å². The number of hydrogen-bond donors (Lipinski definition) is 0. The van der Waals surface area contributed by atoms with Gasteiger partial charge in [0.15, 0.2) is 0 Å². The molecule has 0 aliphatic carbocycles. The molecule has 1 aromatic carbocycles. The Morgan fingerprint density at radius 3 is 1.75 bits per heavy atom. The molecule has 2 fully saturated rings. The van der Waals surface area contributed by atoms with Crippen LogP contribution in [-0.2, 0) is 14.3 Å². The Hall–Kier alpha value is -1.43. The molecular weight excluding hydrogens is 503 g/mol. The van der Waals surface area contributed by atoms with E-state index in [-0.39, 0.29) is 24.2 Å². The molecule has 36 heavy (non-hydrogen) atoms. The lowest BCUT2D eigenvalue weighted by atomic mass is 9.95. The van der Waals surface area contributed by atoms with Crippen LogP contribution in [0, 0.1) is 0 Å². The maximum Gasteiger partial charge on any atom is 0.310 e. The monoisotopic (exact) mass is 552 g/mol. The number of carbonyl (C=O) groups excluding carboxylic acids is 1. The Balaban J connectivity index is -0.000000472. The Labute approximate surface area is 216 Å². The van der Waals surface area contributed by atoms with Crippen LogP contribution in [0.3, 0.4) is 0 Å². The molecule has 1 aromatic rings. The van der Waals surface area contributed by atoms with Gasteiger partial charge in [-0.1, -0.05) is 67.0 Å². The van der Waals surface area contributed by atoms with Gasteiger partial charge in [0.05, 0.1) is 6.61 Å². The summed E-state index contributed by atoms with van der Waals surface area (Å²) in [5.74, 6) is 0. The fraction of sp³-hybridized carbons (Fsp3) is 0.720. The molecule has 218 valence electrons. The minimum absolute atomic E-state index is 0.227. The third-order valence-corrected chi connectivity index (χ3v) is 6.20. The minimum atomic E-state index is -9.67. The molecule has 0 N–H and O–H groups in total. The fourth-order valence-electron chi connectivity index (χ4n) is 3.73. The summed E-state index contributed by atoms with van der Waals surface area (Å²) in [6.45, 7) is 15.6. The van der Waals surface area contributed by atoms with Crippen molar-refractivity contribution < 1.29 is 33.7 Å².